The topological polar surface area (TPSA) is 3.24 Å². The molecule has 0 atom stereocenters. The van der Waals surface area contributed by atoms with Gasteiger partial charge in [-0.2, -0.15) is 0 Å². The summed E-state index contributed by atoms with van der Waals surface area (Å²) >= 11 is 0. The fourth-order valence-electron chi connectivity index (χ4n) is 2.36. The van der Waals surface area contributed by atoms with Crippen molar-refractivity contribution in [3.05, 3.63) is 35.4 Å². The maximum Gasteiger partial charge on any atom is 0.0233 e. The fraction of sp³-hybridized carbons (Fsp3) is 0.571. The second-order valence-corrected chi connectivity index (χ2v) is 4.68. The lowest BCUT2D eigenvalue weighted by molar-refractivity contribution is 0.277. The zero-order valence-corrected chi connectivity index (χ0v) is 9.71. The molecular weight excluding hydrogens is 182 g/mol. The summed E-state index contributed by atoms with van der Waals surface area (Å²) in [7, 11) is 0. The maximum atomic E-state index is 2.60. The molecule has 82 valence electrons. The molecule has 1 aliphatic rings. The minimum atomic E-state index is 1.14. The van der Waals surface area contributed by atoms with Gasteiger partial charge in [0.25, 0.3) is 0 Å². The van der Waals surface area contributed by atoms with E-state index in [2.05, 4.69) is 36.1 Å². The highest BCUT2D eigenvalue weighted by atomic mass is 15.1. The van der Waals surface area contributed by atoms with Gasteiger partial charge in [-0.1, -0.05) is 42.7 Å². The molecule has 1 nitrogen and oxygen atoms in total. The van der Waals surface area contributed by atoms with E-state index in [0.717, 1.165) is 6.54 Å². The molecule has 0 saturated carbocycles. The molecule has 1 heterocycles. The zero-order valence-electron chi connectivity index (χ0n) is 9.71. The van der Waals surface area contributed by atoms with Gasteiger partial charge in [0.15, 0.2) is 0 Å². The van der Waals surface area contributed by atoms with Crippen molar-refractivity contribution in [3.63, 3.8) is 0 Å². The number of benzene rings is 1. The van der Waals surface area contributed by atoms with E-state index >= 15 is 0 Å². The Bertz CT molecular complexity index is 298. The van der Waals surface area contributed by atoms with E-state index in [0.29, 0.717) is 0 Å². The van der Waals surface area contributed by atoms with Gasteiger partial charge < -0.3 is 0 Å². The summed E-state index contributed by atoms with van der Waals surface area (Å²) in [5.74, 6) is 0. The van der Waals surface area contributed by atoms with Crippen LogP contribution in [0.4, 0.5) is 0 Å². The standard InChI is InChI=1S/C14H21N/c1-13-7-6-8-14(11-13)12-15-9-4-2-3-5-10-15/h6-8,11H,2-5,9-10,12H2,1H3. The third-order valence-corrected chi connectivity index (χ3v) is 3.19. The summed E-state index contributed by atoms with van der Waals surface area (Å²) in [4.78, 5) is 2.60. The van der Waals surface area contributed by atoms with Crippen molar-refractivity contribution in [2.24, 2.45) is 0 Å². The van der Waals surface area contributed by atoms with Crippen LogP contribution >= 0.6 is 0 Å². The second-order valence-electron chi connectivity index (χ2n) is 4.68. The third kappa shape index (κ3) is 3.35. The lowest BCUT2D eigenvalue weighted by atomic mass is 10.1. The monoisotopic (exact) mass is 203 g/mol. The van der Waals surface area contributed by atoms with Crippen molar-refractivity contribution in [2.45, 2.75) is 39.2 Å². The second kappa shape index (κ2) is 5.32. The summed E-state index contributed by atoms with van der Waals surface area (Å²) in [6.07, 6.45) is 5.60. The summed E-state index contributed by atoms with van der Waals surface area (Å²) in [6, 6.07) is 8.90. The molecule has 0 radical (unpaired) electrons. The van der Waals surface area contributed by atoms with E-state index in [4.69, 9.17) is 0 Å². The molecule has 1 saturated heterocycles. The summed E-state index contributed by atoms with van der Waals surface area (Å²) in [5.41, 5.74) is 2.85. The van der Waals surface area contributed by atoms with Crippen LogP contribution in [0.3, 0.4) is 0 Å². The number of hydrogen-bond donors (Lipinski definition) is 0. The van der Waals surface area contributed by atoms with Crippen molar-refractivity contribution in [1.82, 2.24) is 4.90 Å². The van der Waals surface area contributed by atoms with E-state index in [9.17, 15) is 0 Å². The highest BCUT2D eigenvalue weighted by Gasteiger charge is 2.08. The van der Waals surface area contributed by atoms with Crippen LogP contribution in [0.25, 0.3) is 0 Å². The Morgan fingerprint density at radius 3 is 2.47 bits per heavy atom. The first kappa shape index (κ1) is 10.7. The molecule has 0 bridgehead atoms. The molecule has 0 unspecified atom stereocenters. The Kier molecular flexibility index (Phi) is 3.79. The van der Waals surface area contributed by atoms with Gasteiger partial charge in [-0.25, -0.2) is 0 Å². The van der Waals surface area contributed by atoms with Crippen molar-refractivity contribution in [2.75, 3.05) is 13.1 Å². The highest BCUT2D eigenvalue weighted by Crippen LogP contribution is 2.13. The lowest BCUT2D eigenvalue weighted by Gasteiger charge is -2.19. The number of nitrogens with zero attached hydrogens (tertiary/aromatic N) is 1. The molecule has 1 aromatic rings. The molecule has 0 aliphatic carbocycles. The number of hydrogen-bond acceptors (Lipinski definition) is 1. The smallest absolute Gasteiger partial charge is 0.0233 e. The molecular formula is C14H21N. The molecule has 0 N–H and O–H groups in total. The van der Waals surface area contributed by atoms with Gasteiger partial charge in [0, 0.05) is 6.54 Å². The minimum absolute atomic E-state index is 1.14. The highest BCUT2D eigenvalue weighted by molar-refractivity contribution is 5.22. The molecule has 1 fully saturated rings. The van der Waals surface area contributed by atoms with Crippen molar-refractivity contribution >= 4 is 0 Å². The van der Waals surface area contributed by atoms with Crippen LogP contribution in [0.1, 0.15) is 36.8 Å². The predicted octanol–water partition coefficient (Wildman–Crippen LogP) is 3.37. The Morgan fingerprint density at radius 2 is 1.80 bits per heavy atom. The number of rotatable bonds is 2. The van der Waals surface area contributed by atoms with E-state index in [-0.39, 0.29) is 0 Å². The number of aryl methyl sites for hydroxylation is 1. The third-order valence-electron chi connectivity index (χ3n) is 3.19. The van der Waals surface area contributed by atoms with Gasteiger partial charge in [0.1, 0.15) is 0 Å². The van der Waals surface area contributed by atoms with Crippen molar-refractivity contribution in [3.8, 4) is 0 Å². The Morgan fingerprint density at radius 1 is 1.07 bits per heavy atom. The normalized spacial score (nSPS) is 18.7. The average Bonchev–Trinajstić information content (AvgIpc) is 2.46. The van der Waals surface area contributed by atoms with Crippen LogP contribution < -0.4 is 0 Å². The summed E-state index contributed by atoms with van der Waals surface area (Å²) in [6.45, 7) is 5.88. The molecule has 0 spiro atoms. The zero-order chi connectivity index (χ0) is 10.5. The summed E-state index contributed by atoms with van der Waals surface area (Å²) < 4.78 is 0. The van der Waals surface area contributed by atoms with Gasteiger partial charge in [-0.3, -0.25) is 4.90 Å². The first-order valence-corrected chi connectivity index (χ1v) is 6.12. The minimum Gasteiger partial charge on any atom is -0.299 e. The van der Waals surface area contributed by atoms with Gasteiger partial charge >= 0.3 is 0 Å². The van der Waals surface area contributed by atoms with Crippen LogP contribution in [-0.4, -0.2) is 18.0 Å². The Hall–Kier alpha value is -0.820. The van der Waals surface area contributed by atoms with Crippen LogP contribution in [0.2, 0.25) is 0 Å². The molecule has 1 aromatic carbocycles. The molecule has 0 amide bonds. The summed E-state index contributed by atoms with van der Waals surface area (Å²) in [5, 5.41) is 0. The molecule has 1 heteroatoms. The van der Waals surface area contributed by atoms with E-state index in [1.54, 1.807) is 0 Å². The predicted molar refractivity (Wildman–Crippen MR) is 64.9 cm³/mol. The van der Waals surface area contributed by atoms with E-state index in [1.807, 2.05) is 0 Å². The SMILES string of the molecule is Cc1cccc(CN2CCCCCC2)c1. The quantitative estimate of drug-likeness (QED) is 0.712. The first-order chi connectivity index (χ1) is 7.34. The van der Waals surface area contributed by atoms with Crippen molar-refractivity contribution < 1.29 is 0 Å². The lowest BCUT2D eigenvalue weighted by Crippen LogP contribution is -2.23. The molecule has 1 aliphatic heterocycles. The first-order valence-electron chi connectivity index (χ1n) is 6.12. The van der Waals surface area contributed by atoms with Crippen LogP contribution in [0, 0.1) is 6.92 Å². The van der Waals surface area contributed by atoms with Crippen LogP contribution in [-0.2, 0) is 6.54 Å². The largest absolute Gasteiger partial charge is 0.299 e. The van der Waals surface area contributed by atoms with Crippen LogP contribution in [0.15, 0.2) is 24.3 Å². The molecule has 0 aromatic heterocycles. The Balaban J connectivity index is 1.95. The Labute approximate surface area is 93.1 Å². The maximum absolute atomic E-state index is 2.60. The van der Waals surface area contributed by atoms with Gasteiger partial charge in [-0.15, -0.1) is 0 Å². The van der Waals surface area contributed by atoms with Gasteiger partial charge in [0.2, 0.25) is 0 Å². The van der Waals surface area contributed by atoms with Gasteiger partial charge in [0.05, 0.1) is 0 Å². The fourth-order valence-corrected chi connectivity index (χ4v) is 2.36. The molecule has 2 rings (SSSR count). The van der Waals surface area contributed by atoms with Crippen LogP contribution in [0.5, 0.6) is 0 Å². The van der Waals surface area contributed by atoms with E-state index in [1.165, 1.54) is 49.9 Å². The average molecular weight is 203 g/mol. The van der Waals surface area contributed by atoms with Crippen molar-refractivity contribution in [1.29, 1.82) is 0 Å². The number of likely N-dealkylation sites (tertiary alicyclic amines) is 1. The van der Waals surface area contributed by atoms with Gasteiger partial charge in [-0.05, 0) is 38.4 Å². The van der Waals surface area contributed by atoms with E-state index < -0.39 is 0 Å². The molecule has 15 heavy (non-hydrogen) atoms.